The van der Waals surface area contributed by atoms with E-state index < -0.39 is 0 Å². The SMILES string of the molecule is CCOc1cccc(/C=C2/NC(=S)N(C)C2=O)c1O. The third-order valence-electron chi connectivity index (χ3n) is 2.71. The third-order valence-corrected chi connectivity index (χ3v) is 3.09. The van der Waals surface area contributed by atoms with E-state index in [1.165, 1.54) is 4.90 Å². The minimum absolute atomic E-state index is 0.00641. The zero-order valence-corrected chi connectivity index (χ0v) is 11.5. The summed E-state index contributed by atoms with van der Waals surface area (Å²) in [6, 6.07) is 5.11. The molecule has 19 heavy (non-hydrogen) atoms. The molecule has 0 aliphatic carbocycles. The molecule has 1 aromatic rings. The number of carbonyl (C=O) groups excluding carboxylic acids is 1. The van der Waals surface area contributed by atoms with Gasteiger partial charge in [-0.3, -0.25) is 9.69 Å². The topological polar surface area (TPSA) is 61.8 Å². The first-order chi connectivity index (χ1) is 9.04. The minimum atomic E-state index is -0.230. The van der Waals surface area contributed by atoms with Gasteiger partial charge in [-0.05, 0) is 31.3 Å². The van der Waals surface area contributed by atoms with Crippen LogP contribution < -0.4 is 10.1 Å². The van der Waals surface area contributed by atoms with Crippen LogP contribution in [0.1, 0.15) is 12.5 Å². The number of likely N-dealkylation sites (N-methyl/N-ethyl adjacent to an activating group) is 1. The van der Waals surface area contributed by atoms with Crippen molar-refractivity contribution in [1.29, 1.82) is 0 Å². The number of thiocarbonyl (C=S) groups is 1. The van der Waals surface area contributed by atoms with Crippen molar-refractivity contribution in [3.05, 3.63) is 29.5 Å². The fraction of sp³-hybridized carbons (Fsp3) is 0.231. The number of aromatic hydroxyl groups is 1. The predicted octanol–water partition coefficient (Wildman–Crippen LogP) is 1.48. The Kier molecular flexibility index (Phi) is 3.71. The van der Waals surface area contributed by atoms with Gasteiger partial charge in [-0.15, -0.1) is 0 Å². The second-order valence-corrected chi connectivity index (χ2v) is 4.37. The van der Waals surface area contributed by atoms with Crippen LogP contribution in [0.5, 0.6) is 11.5 Å². The van der Waals surface area contributed by atoms with Crippen molar-refractivity contribution in [2.75, 3.05) is 13.7 Å². The second-order valence-electron chi connectivity index (χ2n) is 3.98. The molecule has 2 N–H and O–H groups in total. The highest BCUT2D eigenvalue weighted by molar-refractivity contribution is 7.80. The van der Waals surface area contributed by atoms with Gasteiger partial charge in [0, 0.05) is 12.6 Å². The summed E-state index contributed by atoms with van der Waals surface area (Å²) in [6.45, 7) is 2.29. The van der Waals surface area contributed by atoms with Gasteiger partial charge in [0.25, 0.3) is 5.91 Å². The van der Waals surface area contributed by atoms with E-state index in [1.807, 2.05) is 6.92 Å². The Morgan fingerprint density at radius 2 is 2.26 bits per heavy atom. The van der Waals surface area contributed by atoms with Gasteiger partial charge >= 0.3 is 0 Å². The maximum absolute atomic E-state index is 11.8. The molecule has 5 nitrogen and oxygen atoms in total. The number of ether oxygens (including phenoxy) is 1. The van der Waals surface area contributed by atoms with Crippen molar-refractivity contribution in [3.63, 3.8) is 0 Å². The van der Waals surface area contributed by atoms with Gasteiger partial charge in [0.15, 0.2) is 16.6 Å². The Balaban J connectivity index is 2.36. The number of phenols is 1. The first kappa shape index (κ1) is 13.4. The van der Waals surface area contributed by atoms with E-state index in [0.717, 1.165) is 0 Å². The van der Waals surface area contributed by atoms with Crippen LogP contribution in [0.2, 0.25) is 0 Å². The van der Waals surface area contributed by atoms with E-state index in [2.05, 4.69) is 5.32 Å². The number of benzene rings is 1. The van der Waals surface area contributed by atoms with Crippen LogP contribution in [0.15, 0.2) is 23.9 Å². The monoisotopic (exact) mass is 278 g/mol. The van der Waals surface area contributed by atoms with Gasteiger partial charge in [-0.1, -0.05) is 12.1 Å². The summed E-state index contributed by atoms with van der Waals surface area (Å²) in [7, 11) is 1.59. The van der Waals surface area contributed by atoms with Crippen molar-refractivity contribution < 1.29 is 14.6 Å². The lowest BCUT2D eigenvalue weighted by Crippen LogP contribution is -2.25. The van der Waals surface area contributed by atoms with E-state index in [1.54, 1.807) is 31.3 Å². The number of rotatable bonds is 3. The Morgan fingerprint density at radius 1 is 1.53 bits per heavy atom. The Labute approximate surface area is 116 Å². The standard InChI is InChI=1S/C13H14N2O3S/c1-3-18-10-6-4-5-8(11(10)16)7-9-12(17)15(2)13(19)14-9/h4-7,16H,3H2,1-2H3,(H,14,19)/b9-7+. The number of hydrogen-bond donors (Lipinski definition) is 2. The Morgan fingerprint density at radius 3 is 2.84 bits per heavy atom. The zero-order chi connectivity index (χ0) is 14.0. The average Bonchev–Trinajstić information content (AvgIpc) is 2.62. The number of amides is 1. The molecular formula is C13H14N2O3S. The molecule has 100 valence electrons. The molecule has 1 fully saturated rings. The fourth-order valence-corrected chi connectivity index (χ4v) is 1.90. The molecule has 2 rings (SSSR count). The van der Waals surface area contributed by atoms with Crippen LogP contribution in [0.4, 0.5) is 0 Å². The van der Waals surface area contributed by atoms with E-state index in [4.69, 9.17) is 17.0 Å². The van der Waals surface area contributed by atoms with Crippen LogP contribution in [0.25, 0.3) is 6.08 Å². The molecule has 1 amide bonds. The number of nitrogens with one attached hydrogen (secondary N) is 1. The average molecular weight is 278 g/mol. The molecule has 0 aromatic heterocycles. The van der Waals surface area contributed by atoms with Crippen molar-refractivity contribution in [1.82, 2.24) is 10.2 Å². The number of para-hydroxylation sites is 1. The van der Waals surface area contributed by atoms with E-state index in [0.29, 0.717) is 28.7 Å². The Bertz CT molecular complexity index is 569. The summed E-state index contributed by atoms with van der Waals surface area (Å²) < 4.78 is 5.29. The summed E-state index contributed by atoms with van der Waals surface area (Å²) >= 11 is 4.98. The van der Waals surface area contributed by atoms with Crippen molar-refractivity contribution >= 4 is 29.3 Å². The van der Waals surface area contributed by atoms with Gasteiger partial charge in [0.2, 0.25) is 0 Å². The van der Waals surface area contributed by atoms with E-state index in [-0.39, 0.29) is 11.7 Å². The first-order valence-corrected chi connectivity index (χ1v) is 6.21. The Hall–Kier alpha value is -2.08. The summed E-state index contributed by atoms with van der Waals surface area (Å²) in [5.74, 6) is 0.163. The summed E-state index contributed by atoms with van der Waals surface area (Å²) in [4.78, 5) is 13.2. The molecule has 0 spiro atoms. The molecule has 1 saturated heterocycles. The largest absolute Gasteiger partial charge is 0.504 e. The van der Waals surface area contributed by atoms with E-state index in [9.17, 15) is 9.90 Å². The molecule has 0 radical (unpaired) electrons. The maximum atomic E-state index is 11.8. The quantitative estimate of drug-likeness (QED) is 0.648. The number of carbonyl (C=O) groups is 1. The maximum Gasteiger partial charge on any atom is 0.276 e. The van der Waals surface area contributed by atoms with Crippen molar-refractivity contribution in [3.8, 4) is 11.5 Å². The molecule has 6 heteroatoms. The summed E-state index contributed by atoms with van der Waals surface area (Å²) in [6.07, 6.45) is 1.55. The molecule has 1 aromatic carbocycles. The fourth-order valence-electron chi connectivity index (χ4n) is 1.71. The lowest BCUT2D eigenvalue weighted by Gasteiger charge is -2.08. The second kappa shape index (κ2) is 5.27. The van der Waals surface area contributed by atoms with Crippen molar-refractivity contribution in [2.24, 2.45) is 0 Å². The summed E-state index contributed by atoms with van der Waals surface area (Å²) in [5, 5.41) is 13.2. The highest BCUT2D eigenvalue weighted by Crippen LogP contribution is 2.31. The molecular weight excluding hydrogens is 264 g/mol. The summed E-state index contributed by atoms with van der Waals surface area (Å²) in [5.41, 5.74) is 0.830. The van der Waals surface area contributed by atoms with Crippen LogP contribution >= 0.6 is 12.2 Å². The van der Waals surface area contributed by atoms with Crippen LogP contribution in [-0.2, 0) is 4.79 Å². The molecule has 0 saturated carbocycles. The predicted molar refractivity (Wildman–Crippen MR) is 75.8 cm³/mol. The highest BCUT2D eigenvalue weighted by atomic mass is 32.1. The van der Waals surface area contributed by atoms with Crippen molar-refractivity contribution in [2.45, 2.75) is 6.92 Å². The minimum Gasteiger partial charge on any atom is -0.504 e. The lowest BCUT2D eigenvalue weighted by molar-refractivity contribution is -0.121. The van der Waals surface area contributed by atoms with Crippen LogP contribution in [0, 0.1) is 0 Å². The number of hydrogen-bond acceptors (Lipinski definition) is 4. The first-order valence-electron chi connectivity index (χ1n) is 5.80. The molecule has 1 aliphatic heterocycles. The smallest absolute Gasteiger partial charge is 0.276 e. The van der Waals surface area contributed by atoms with Gasteiger partial charge in [0.05, 0.1) is 6.61 Å². The molecule has 0 bridgehead atoms. The number of phenolic OH excluding ortho intramolecular Hbond substituents is 1. The number of nitrogens with zero attached hydrogens (tertiary/aromatic N) is 1. The van der Waals surface area contributed by atoms with Crippen LogP contribution in [0.3, 0.4) is 0 Å². The molecule has 1 aliphatic rings. The molecule has 1 heterocycles. The zero-order valence-electron chi connectivity index (χ0n) is 10.6. The van der Waals surface area contributed by atoms with Gasteiger partial charge in [-0.25, -0.2) is 0 Å². The van der Waals surface area contributed by atoms with Gasteiger partial charge < -0.3 is 15.2 Å². The van der Waals surface area contributed by atoms with Gasteiger partial charge in [-0.2, -0.15) is 0 Å². The van der Waals surface area contributed by atoms with Crippen LogP contribution in [-0.4, -0.2) is 34.7 Å². The molecule has 0 atom stereocenters. The molecule has 0 unspecified atom stereocenters. The third kappa shape index (κ3) is 2.53. The lowest BCUT2D eigenvalue weighted by atomic mass is 10.1. The van der Waals surface area contributed by atoms with Gasteiger partial charge in [0.1, 0.15) is 5.70 Å². The normalized spacial score (nSPS) is 16.9. The van der Waals surface area contributed by atoms with E-state index >= 15 is 0 Å². The highest BCUT2D eigenvalue weighted by Gasteiger charge is 2.27.